The van der Waals surface area contributed by atoms with Crippen molar-refractivity contribution in [3.8, 4) is 0 Å². The number of rotatable bonds is 6. The normalized spacial score (nSPS) is 16.1. The van der Waals surface area contributed by atoms with Crippen molar-refractivity contribution in [1.29, 1.82) is 0 Å². The number of carbonyl (C=O) groups excluding carboxylic acids is 2. The second-order valence-corrected chi connectivity index (χ2v) is 7.90. The summed E-state index contributed by atoms with van der Waals surface area (Å²) >= 11 is 1.65. The van der Waals surface area contributed by atoms with E-state index >= 15 is 0 Å². The Labute approximate surface area is 165 Å². The lowest BCUT2D eigenvalue weighted by atomic mass is 10.1. The van der Waals surface area contributed by atoms with Gasteiger partial charge in [0.05, 0.1) is 12.6 Å². The fraction of sp³-hybridized carbons (Fsp3) is 0.429. The number of hydrogen-bond donors (Lipinski definition) is 1. The predicted octanol–water partition coefficient (Wildman–Crippen LogP) is 2.95. The molecule has 0 bridgehead atoms. The van der Waals surface area contributed by atoms with Crippen LogP contribution < -0.4 is 5.32 Å². The quantitative estimate of drug-likeness (QED) is 0.832. The summed E-state index contributed by atoms with van der Waals surface area (Å²) in [6.45, 7) is 7.24. The molecule has 2 amide bonds. The molecule has 3 rings (SSSR count). The zero-order valence-electron chi connectivity index (χ0n) is 16.0. The highest BCUT2D eigenvalue weighted by Crippen LogP contribution is 2.18. The Balaban J connectivity index is 1.45. The Hall–Kier alpha value is -2.18. The maximum atomic E-state index is 12.6. The summed E-state index contributed by atoms with van der Waals surface area (Å²) in [5.41, 5.74) is 1.97. The van der Waals surface area contributed by atoms with E-state index in [1.165, 1.54) is 5.56 Å². The van der Waals surface area contributed by atoms with E-state index in [9.17, 15) is 9.59 Å². The molecule has 1 aromatic heterocycles. The molecule has 1 atom stereocenters. The van der Waals surface area contributed by atoms with Gasteiger partial charge in [-0.15, -0.1) is 11.3 Å². The number of benzene rings is 1. The third kappa shape index (κ3) is 5.17. The van der Waals surface area contributed by atoms with Crippen molar-refractivity contribution >= 4 is 23.2 Å². The zero-order chi connectivity index (χ0) is 19.2. The van der Waals surface area contributed by atoms with Crippen LogP contribution in [-0.2, 0) is 11.2 Å². The first kappa shape index (κ1) is 19.6. The van der Waals surface area contributed by atoms with Crippen LogP contribution in [0.25, 0.3) is 0 Å². The summed E-state index contributed by atoms with van der Waals surface area (Å²) < 4.78 is 0. The molecule has 0 aliphatic carbocycles. The molecule has 1 aliphatic heterocycles. The highest BCUT2D eigenvalue weighted by Gasteiger charge is 2.23. The largest absolute Gasteiger partial charge is 0.348 e. The van der Waals surface area contributed by atoms with Crippen molar-refractivity contribution in [2.45, 2.75) is 26.3 Å². The van der Waals surface area contributed by atoms with Gasteiger partial charge in [0.15, 0.2) is 0 Å². The lowest BCUT2D eigenvalue weighted by Crippen LogP contribution is -2.51. The first-order chi connectivity index (χ1) is 13.1. The van der Waals surface area contributed by atoms with E-state index in [0.717, 1.165) is 30.0 Å². The topological polar surface area (TPSA) is 52.7 Å². The van der Waals surface area contributed by atoms with Crippen molar-refractivity contribution in [3.05, 3.63) is 57.8 Å². The van der Waals surface area contributed by atoms with Crippen molar-refractivity contribution in [2.24, 2.45) is 0 Å². The van der Waals surface area contributed by atoms with Crippen molar-refractivity contribution in [3.63, 3.8) is 0 Å². The van der Waals surface area contributed by atoms with Crippen molar-refractivity contribution in [2.75, 3.05) is 32.7 Å². The highest BCUT2D eigenvalue weighted by molar-refractivity contribution is 7.10. The number of piperazine rings is 1. The lowest BCUT2D eigenvalue weighted by Gasteiger charge is -2.34. The molecule has 1 unspecified atom stereocenters. The third-order valence-corrected chi connectivity index (χ3v) is 6.04. The van der Waals surface area contributed by atoms with E-state index in [0.29, 0.717) is 19.6 Å². The van der Waals surface area contributed by atoms with Gasteiger partial charge in [-0.1, -0.05) is 25.1 Å². The van der Waals surface area contributed by atoms with Crippen LogP contribution in [0.2, 0.25) is 0 Å². The molecule has 0 radical (unpaired) electrons. The Morgan fingerprint density at radius 2 is 1.81 bits per heavy atom. The molecule has 6 heteroatoms. The Morgan fingerprint density at radius 1 is 1.11 bits per heavy atom. The molecule has 1 aromatic carbocycles. The van der Waals surface area contributed by atoms with Crippen LogP contribution in [-0.4, -0.2) is 54.3 Å². The smallest absolute Gasteiger partial charge is 0.253 e. The second-order valence-electron chi connectivity index (χ2n) is 6.92. The molecule has 1 aliphatic rings. The van der Waals surface area contributed by atoms with Gasteiger partial charge in [-0.3, -0.25) is 14.5 Å². The molecule has 5 nitrogen and oxygen atoms in total. The van der Waals surface area contributed by atoms with E-state index in [4.69, 9.17) is 0 Å². The minimum absolute atomic E-state index is 0.0332. The van der Waals surface area contributed by atoms with Crippen LogP contribution in [0.15, 0.2) is 41.8 Å². The maximum Gasteiger partial charge on any atom is 0.253 e. The van der Waals surface area contributed by atoms with Crippen LogP contribution in [0, 0.1) is 0 Å². The number of aryl methyl sites for hydroxylation is 1. The van der Waals surface area contributed by atoms with Crippen LogP contribution in [0.5, 0.6) is 0 Å². The second kappa shape index (κ2) is 9.15. The molecule has 2 aromatic rings. The van der Waals surface area contributed by atoms with Crippen LogP contribution >= 0.6 is 11.3 Å². The summed E-state index contributed by atoms with van der Waals surface area (Å²) in [5, 5.41) is 5.07. The first-order valence-electron chi connectivity index (χ1n) is 9.50. The predicted molar refractivity (Wildman–Crippen MR) is 109 cm³/mol. The lowest BCUT2D eigenvalue weighted by molar-refractivity contribution is -0.123. The van der Waals surface area contributed by atoms with Gasteiger partial charge in [-0.2, -0.15) is 0 Å². The molecule has 0 saturated carbocycles. The minimum atomic E-state index is 0.0332. The van der Waals surface area contributed by atoms with Crippen molar-refractivity contribution in [1.82, 2.24) is 15.1 Å². The van der Waals surface area contributed by atoms with Crippen LogP contribution in [0.3, 0.4) is 0 Å². The summed E-state index contributed by atoms with van der Waals surface area (Å²) in [5.74, 6) is 0.110. The van der Waals surface area contributed by atoms with Crippen LogP contribution in [0.4, 0.5) is 0 Å². The van der Waals surface area contributed by atoms with Crippen molar-refractivity contribution < 1.29 is 9.59 Å². The maximum absolute atomic E-state index is 12.6. The summed E-state index contributed by atoms with van der Waals surface area (Å²) in [4.78, 5) is 30.1. The van der Waals surface area contributed by atoms with E-state index in [-0.39, 0.29) is 17.9 Å². The zero-order valence-corrected chi connectivity index (χ0v) is 16.8. The fourth-order valence-corrected chi connectivity index (χ4v) is 4.01. The molecule has 1 N–H and O–H groups in total. The number of hydrogen-bond acceptors (Lipinski definition) is 4. The number of carbonyl (C=O) groups is 2. The monoisotopic (exact) mass is 385 g/mol. The van der Waals surface area contributed by atoms with Gasteiger partial charge >= 0.3 is 0 Å². The van der Waals surface area contributed by atoms with E-state index in [1.807, 2.05) is 53.6 Å². The van der Waals surface area contributed by atoms with Gasteiger partial charge in [-0.05, 0) is 42.5 Å². The summed E-state index contributed by atoms with van der Waals surface area (Å²) in [7, 11) is 0. The Kier molecular flexibility index (Phi) is 6.63. The van der Waals surface area contributed by atoms with Gasteiger partial charge in [0.1, 0.15) is 0 Å². The summed E-state index contributed by atoms with van der Waals surface area (Å²) in [6.07, 6.45) is 0.973. The van der Waals surface area contributed by atoms with Gasteiger partial charge in [-0.25, -0.2) is 0 Å². The molecule has 144 valence electrons. The molecular formula is C21H27N3O2S. The Bertz CT molecular complexity index is 750. The molecule has 1 fully saturated rings. The van der Waals surface area contributed by atoms with Gasteiger partial charge in [0.25, 0.3) is 5.91 Å². The number of nitrogens with one attached hydrogen (secondary N) is 1. The average molecular weight is 386 g/mol. The van der Waals surface area contributed by atoms with Crippen LogP contribution in [0.1, 0.15) is 40.7 Å². The minimum Gasteiger partial charge on any atom is -0.348 e. The number of thiophene rings is 1. The standard InChI is InChI=1S/C21H27N3O2S/c1-3-17-6-8-18(9-7-17)21(26)24-12-10-23(11-13-24)15-20(25)22-16(2)19-5-4-14-27-19/h4-9,14,16H,3,10-13,15H2,1-2H3,(H,22,25). The molecule has 27 heavy (non-hydrogen) atoms. The molecule has 2 heterocycles. The molecular weight excluding hydrogens is 358 g/mol. The number of nitrogens with zero attached hydrogens (tertiary/aromatic N) is 2. The molecule has 0 spiro atoms. The van der Waals surface area contributed by atoms with E-state index < -0.39 is 0 Å². The fourth-order valence-electron chi connectivity index (χ4n) is 3.27. The first-order valence-corrected chi connectivity index (χ1v) is 10.4. The third-order valence-electron chi connectivity index (χ3n) is 4.98. The average Bonchev–Trinajstić information content (AvgIpc) is 3.23. The molecule has 1 saturated heterocycles. The van der Waals surface area contributed by atoms with E-state index in [1.54, 1.807) is 11.3 Å². The van der Waals surface area contributed by atoms with Gasteiger partial charge < -0.3 is 10.2 Å². The Morgan fingerprint density at radius 3 is 2.41 bits per heavy atom. The van der Waals surface area contributed by atoms with E-state index in [2.05, 4.69) is 17.1 Å². The van der Waals surface area contributed by atoms with Gasteiger partial charge in [0.2, 0.25) is 5.91 Å². The SMILES string of the molecule is CCc1ccc(C(=O)N2CCN(CC(=O)NC(C)c3cccs3)CC2)cc1. The number of amides is 2. The van der Waals surface area contributed by atoms with Gasteiger partial charge in [0, 0.05) is 36.6 Å². The highest BCUT2D eigenvalue weighted by atomic mass is 32.1. The summed E-state index contributed by atoms with van der Waals surface area (Å²) in [6, 6.07) is 11.9.